The summed E-state index contributed by atoms with van der Waals surface area (Å²) in [5.41, 5.74) is 5.57. The molecule has 12 nitrogen and oxygen atoms in total. The number of ether oxygens (including phenoxy) is 1. The Morgan fingerprint density at radius 3 is 2.60 bits per heavy atom. The van der Waals surface area contributed by atoms with Crippen LogP contribution in [0.1, 0.15) is 16.5 Å². The standard InChI is InChI=1S/C21H18N4O8S2/c22-14(13-2-1-7-34-13)17(26)23-15-18(27)24-16(20(28)29)12(9-35-19(15)24)21(30)33-8-10-3-5-11(6-4-10)25(31)32/h1-7,14-15,19H,8-9,22H2,(H,23,26)(H,28,29)/t14?,15?,19-/m0/s1. The second-order valence-electron chi connectivity index (χ2n) is 7.52. The molecule has 2 aliphatic heterocycles. The van der Waals surface area contributed by atoms with Crippen LogP contribution in [0.4, 0.5) is 5.69 Å². The van der Waals surface area contributed by atoms with Crippen LogP contribution in [0.15, 0.2) is 53.0 Å². The molecule has 0 bridgehead atoms. The van der Waals surface area contributed by atoms with Gasteiger partial charge in [-0.25, -0.2) is 9.59 Å². The fourth-order valence-electron chi connectivity index (χ4n) is 3.57. The first-order valence-corrected chi connectivity index (χ1v) is 12.0. The summed E-state index contributed by atoms with van der Waals surface area (Å²) in [5.74, 6) is -3.71. The van der Waals surface area contributed by atoms with E-state index in [0.29, 0.717) is 10.4 Å². The van der Waals surface area contributed by atoms with E-state index in [2.05, 4.69) is 5.32 Å². The summed E-state index contributed by atoms with van der Waals surface area (Å²) in [6.07, 6.45) is 0. The van der Waals surface area contributed by atoms with Crippen LogP contribution in [0.3, 0.4) is 0 Å². The Hall–Kier alpha value is -3.75. The quantitative estimate of drug-likeness (QED) is 0.198. The molecule has 4 N–H and O–H groups in total. The Kier molecular flexibility index (Phi) is 6.86. The number of aliphatic carboxylic acids is 1. The number of esters is 1. The van der Waals surface area contributed by atoms with E-state index < -0.39 is 51.8 Å². The number of amides is 2. The number of carboxylic acids is 1. The number of hydrogen-bond acceptors (Lipinski definition) is 10. The zero-order valence-corrected chi connectivity index (χ0v) is 19.4. The third-order valence-electron chi connectivity index (χ3n) is 5.36. The number of nitrogens with zero attached hydrogens (tertiary/aromatic N) is 2. The van der Waals surface area contributed by atoms with Gasteiger partial charge in [-0.15, -0.1) is 23.1 Å². The number of thioether (sulfide) groups is 1. The van der Waals surface area contributed by atoms with Gasteiger partial charge in [0.25, 0.3) is 11.6 Å². The summed E-state index contributed by atoms with van der Waals surface area (Å²) < 4.78 is 5.19. The molecule has 4 rings (SSSR count). The molecular formula is C21H18N4O8S2. The lowest BCUT2D eigenvalue weighted by Crippen LogP contribution is -2.71. The molecule has 0 radical (unpaired) electrons. The average Bonchev–Trinajstić information content (AvgIpc) is 3.39. The zero-order valence-electron chi connectivity index (χ0n) is 17.8. The number of rotatable bonds is 8. The maximum atomic E-state index is 12.7. The number of nitro benzene ring substituents is 1. The number of benzene rings is 1. The molecule has 3 heterocycles. The number of nitrogens with one attached hydrogen (secondary N) is 1. The monoisotopic (exact) mass is 518 g/mol. The molecule has 2 amide bonds. The summed E-state index contributed by atoms with van der Waals surface area (Å²) in [4.78, 5) is 61.5. The third-order valence-corrected chi connectivity index (χ3v) is 7.60. The number of nitrogens with two attached hydrogens (primary N) is 1. The number of thiophene rings is 1. The first kappa shape index (κ1) is 24.4. The lowest BCUT2D eigenvalue weighted by atomic mass is 10.0. The SMILES string of the molecule is NC(C(=O)NC1C(=O)N2C(C(=O)O)=C(C(=O)OCc3ccc([N+](=O)[O-])cc3)CS[C@@H]12)c1cccs1. The number of β-lactam (4-membered cyclic amide) rings is 1. The Balaban J connectivity index is 1.44. The van der Waals surface area contributed by atoms with Gasteiger partial charge in [0.15, 0.2) is 0 Å². The van der Waals surface area contributed by atoms with Crippen molar-refractivity contribution in [2.45, 2.75) is 24.1 Å². The summed E-state index contributed by atoms with van der Waals surface area (Å²) in [5, 5.41) is 24.1. The Morgan fingerprint density at radius 2 is 2.00 bits per heavy atom. The molecule has 0 spiro atoms. The molecule has 1 aromatic carbocycles. The molecule has 182 valence electrons. The topological polar surface area (TPSA) is 182 Å². The Bertz CT molecular complexity index is 1230. The summed E-state index contributed by atoms with van der Waals surface area (Å²) in [6, 6.07) is 6.82. The molecule has 3 atom stereocenters. The lowest BCUT2D eigenvalue weighted by Gasteiger charge is -2.49. The van der Waals surface area contributed by atoms with Gasteiger partial charge in [0, 0.05) is 22.8 Å². The predicted molar refractivity (Wildman–Crippen MR) is 124 cm³/mol. The van der Waals surface area contributed by atoms with E-state index in [1.165, 1.54) is 35.6 Å². The van der Waals surface area contributed by atoms with E-state index in [1.807, 2.05) is 0 Å². The average molecular weight is 519 g/mol. The second-order valence-corrected chi connectivity index (χ2v) is 9.61. The van der Waals surface area contributed by atoms with Crippen molar-refractivity contribution in [3.8, 4) is 0 Å². The molecule has 35 heavy (non-hydrogen) atoms. The molecule has 1 aromatic heterocycles. The molecular weight excluding hydrogens is 500 g/mol. The number of fused-ring (bicyclic) bond motifs is 1. The van der Waals surface area contributed by atoms with Crippen LogP contribution < -0.4 is 11.1 Å². The lowest BCUT2D eigenvalue weighted by molar-refractivity contribution is -0.384. The van der Waals surface area contributed by atoms with Gasteiger partial charge in [0.2, 0.25) is 5.91 Å². The molecule has 2 aromatic rings. The minimum Gasteiger partial charge on any atom is -0.477 e. The largest absolute Gasteiger partial charge is 0.477 e. The maximum absolute atomic E-state index is 12.7. The summed E-state index contributed by atoms with van der Waals surface area (Å²) in [7, 11) is 0. The van der Waals surface area contributed by atoms with Gasteiger partial charge in [-0.1, -0.05) is 6.07 Å². The molecule has 0 saturated carbocycles. The van der Waals surface area contributed by atoms with Crippen molar-refractivity contribution in [3.05, 3.63) is 73.6 Å². The van der Waals surface area contributed by atoms with Crippen LogP contribution in [0.2, 0.25) is 0 Å². The predicted octanol–water partition coefficient (Wildman–Crippen LogP) is 1.14. The van der Waals surface area contributed by atoms with Gasteiger partial charge in [0.05, 0.1) is 10.5 Å². The molecule has 1 fully saturated rings. The van der Waals surface area contributed by atoms with E-state index in [-0.39, 0.29) is 23.6 Å². The maximum Gasteiger partial charge on any atom is 0.353 e. The Morgan fingerprint density at radius 1 is 1.29 bits per heavy atom. The Labute approximate surface area is 205 Å². The van der Waals surface area contributed by atoms with Crippen molar-refractivity contribution >= 4 is 52.5 Å². The summed E-state index contributed by atoms with van der Waals surface area (Å²) in [6.45, 7) is -0.242. The van der Waals surface area contributed by atoms with Gasteiger partial charge < -0.3 is 20.9 Å². The van der Waals surface area contributed by atoms with Crippen LogP contribution >= 0.6 is 23.1 Å². The fourth-order valence-corrected chi connectivity index (χ4v) is 5.62. The second kappa shape index (κ2) is 9.85. The minimum atomic E-state index is -1.48. The zero-order chi connectivity index (χ0) is 25.3. The number of hydrogen-bond donors (Lipinski definition) is 3. The summed E-state index contributed by atoms with van der Waals surface area (Å²) >= 11 is 2.41. The van der Waals surface area contributed by atoms with E-state index in [4.69, 9.17) is 10.5 Å². The number of carboxylic acid groups (broad SMARTS) is 1. The first-order valence-electron chi connectivity index (χ1n) is 10.1. The van der Waals surface area contributed by atoms with Crippen molar-refractivity contribution in [2.24, 2.45) is 5.73 Å². The number of carbonyl (C=O) groups is 4. The first-order chi connectivity index (χ1) is 16.7. The van der Waals surface area contributed by atoms with Gasteiger partial charge in [0.1, 0.15) is 29.8 Å². The smallest absolute Gasteiger partial charge is 0.353 e. The van der Waals surface area contributed by atoms with Gasteiger partial charge >= 0.3 is 11.9 Å². The minimum absolute atomic E-state index is 0.0570. The van der Waals surface area contributed by atoms with E-state index in [9.17, 15) is 34.4 Å². The number of non-ortho nitro benzene ring substituents is 1. The van der Waals surface area contributed by atoms with Crippen molar-refractivity contribution in [2.75, 3.05) is 5.75 Å². The van der Waals surface area contributed by atoms with E-state index in [1.54, 1.807) is 17.5 Å². The van der Waals surface area contributed by atoms with Crippen LogP contribution in [0, 0.1) is 10.1 Å². The van der Waals surface area contributed by atoms with Crippen molar-refractivity contribution in [1.82, 2.24) is 10.2 Å². The van der Waals surface area contributed by atoms with Crippen LogP contribution in [-0.4, -0.2) is 55.9 Å². The highest BCUT2D eigenvalue weighted by Gasteiger charge is 2.55. The van der Waals surface area contributed by atoms with Crippen LogP contribution in [-0.2, 0) is 30.5 Å². The molecule has 2 unspecified atom stereocenters. The van der Waals surface area contributed by atoms with E-state index >= 15 is 0 Å². The van der Waals surface area contributed by atoms with Crippen LogP contribution in [0.25, 0.3) is 0 Å². The highest BCUT2D eigenvalue weighted by molar-refractivity contribution is 8.00. The number of nitro groups is 1. The number of carbonyl (C=O) groups excluding carboxylic acids is 3. The van der Waals surface area contributed by atoms with Crippen molar-refractivity contribution in [1.29, 1.82) is 0 Å². The van der Waals surface area contributed by atoms with Gasteiger partial charge in [-0.05, 0) is 29.1 Å². The highest BCUT2D eigenvalue weighted by atomic mass is 32.2. The van der Waals surface area contributed by atoms with Gasteiger partial charge in [-0.3, -0.25) is 24.6 Å². The van der Waals surface area contributed by atoms with Gasteiger partial charge in [-0.2, -0.15) is 0 Å². The highest BCUT2D eigenvalue weighted by Crippen LogP contribution is 2.41. The third kappa shape index (κ3) is 4.76. The van der Waals surface area contributed by atoms with E-state index in [0.717, 1.165) is 16.7 Å². The normalized spacial score (nSPS) is 19.9. The van der Waals surface area contributed by atoms with Crippen molar-refractivity contribution < 1.29 is 33.9 Å². The molecule has 2 aliphatic rings. The van der Waals surface area contributed by atoms with Crippen molar-refractivity contribution in [3.63, 3.8) is 0 Å². The molecule has 0 aliphatic carbocycles. The fraction of sp³-hybridized carbons (Fsp3) is 0.238. The van der Waals surface area contributed by atoms with Crippen LogP contribution in [0.5, 0.6) is 0 Å². The molecule has 1 saturated heterocycles. The molecule has 14 heteroatoms.